The minimum Gasteiger partial charge on any atom is -0.479 e. The molecule has 0 radical (unpaired) electrons. The van der Waals surface area contributed by atoms with Crippen LogP contribution in [0.1, 0.15) is 201 Å². The zero-order chi connectivity index (χ0) is 56.1. The number of allylic oxidation sites excluding steroid dienone is 22. The van der Waals surface area contributed by atoms with Crippen molar-refractivity contribution in [2.24, 2.45) is 0 Å². The van der Waals surface area contributed by atoms with Gasteiger partial charge >= 0.3 is 23.9 Å². The monoisotopic (exact) mass is 1070 g/mol. The first-order valence-corrected chi connectivity index (χ1v) is 29.2. The lowest BCUT2D eigenvalue weighted by Gasteiger charge is -2.40. The maximum absolute atomic E-state index is 13.1. The molecule has 3 N–H and O–H groups in total. The second kappa shape index (κ2) is 51.6. The average molecular weight is 1070 g/mol. The van der Waals surface area contributed by atoms with Gasteiger partial charge < -0.3 is 39.0 Å². The minimum absolute atomic E-state index is 0.0744. The Morgan fingerprint density at radius 2 is 0.844 bits per heavy atom. The predicted molar refractivity (Wildman–Crippen MR) is 312 cm³/mol. The van der Waals surface area contributed by atoms with E-state index in [0.29, 0.717) is 25.7 Å². The minimum atomic E-state index is -1.94. The molecule has 77 heavy (non-hydrogen) atoms. The number of rotatable bonds is 47. The molecule has 12 nitrogen and oxygen atoms in total. The zero-order valence-corrected chi connectivity index (χ0v) is 47.4. The lowest BCUT2D eigenvalue weighted by molar-refractivity contribution is -0.301. The Kier molecular flexibility index (Phi) is 46.8. The van der Waals surface area contributed by atoms with Gasteiger partial charge in [0.15, 0.2) is 24.6 Å². The van der Waals surface area contributed by atoms with Crippen molar-refractivity contribution in [2.45, 2.75) is 237 Å². The summed E-state index contributed by atoms with van der Waals surface area (Å²) in [5, 5.41) is 31.4. The fraction of sp³-hybridized carbons (Fsp3) is 0.600. The smallest absolute Gasteiger partial charge is 0.335 e. The van der Waals surface area contributed by atoms with Gasteiger partial charge in [0.25, 0.3) is 0 Å². The summed E-state index contributed by atoms with van der Waals surface area (Å²) in [6.45, 7) is 5.66. The van der Waals surface area contributed by atoms with E-state index < -0.39 is 67.3 Å². The molecule has 1 aliphatic rings. The van der Waals surface area contributed by atoms with Crippen LogP contribution in [-0.2, 0) is 42.9 Å². The highest BCUT2D eigenvalue weighted by molar-refractivity contribution is 5.74. The van der Waals surface area contributed by atoms with Crippen molar-refractivity contribution >= 4 is 23.9 Å². The van der Waals surface area contributed by atoms with Crippen molar-refractivity contribution in [1.82, 2.24) is 0 Å². The van der Waals surface area contributed by atoms with Crippen LogP contribution in [0.4, 0.5) is 0 Å². The van der Waals surface area contributed by atoms with Crippen LogP contribution in [0.5, 0.6) is 0 Å². The number of hydrogen-bond acceptors (Lipinski definition) is 11. The van der Waals surface area contributed by atoms with E-state index in [4.69, 9.17) is 23.7 Å². The van der Waals surface area contributed by atoms with Crippen molar-refractivity contribution < 1.29 is 58.2 Å². The highest BCUT2D eigenvalue weighted by Crippen LogP contribution is 2.26. The number of carboxylic acid groups (broad SMARTS) is 1. The summed E-state index contributed by atoms with van der Waals surface area (Å²) in [5.41, 5.74) is 0. The number of aliphatic hydroxyl groups is 2. The lowest BCUT2D eigenvalue weighted by Crippen LogP contribution is -2.61. The van der Waals surface area contributed by atoms with E-state index in [0.717, 1.165) is 109 Å². The van der Waals surface area contributed by atoms with Crippen LogP contribution in [0.3, 0.4) is 0 Å². The number of ether oxygens (including phenoxy) is 5. The molecule has 0 bridgehead atoms. The molecule has 1 saturated heterocycles. The molecule has 0 spiro atoms. The van der Waals surface area contributed by atoms with Crippen molar-refractivity contribution in [3.05, 3.63) is 134 Å². The lowest BCUT2D eigenvalue weighted by atomic mass is 9.98. The fourth-order valence-corrected chi connectivity index (χ4v) is 7.83. The Morgan fingerprint density at radius 3 is 1.30 bits per heavy atom. The first-order valence-electron chi connectivity index (χ1n) is 29.2. The van der Waals surface area contributed by atoms with Gasteiger partial charge in [0.1, 0.15) is 18.8 Å². The molecule has 0 amide bonds. The fourth-order valence-electron chi connectivity index (χ4n) is 7.83. The van der Waals surface area contributed by atoms with E-state index in [-0.39, 0.29) is 25.9 Å². The van der Waals surface area contributed by atoms with Crippen LogP contribution < -0.4 is 0 Å². The Bertz CT molecular complexity index is 1850. The summed E-state index contributed by atoms with van der Waals surface area (Å²) in [4.78, 5) is 51.0. The zero-order valence-electron chi connectivity index (χ0n) is 47.4. The summed E-state index contributed by atoms with van der Waals surface area (Å²) >= 11 is 0. The summed E-state index contributed by atoms with van der Waals surface area (Å²) in [7, 11) is 0. The van der Waals surface area contributed by atoms with Crippen molar-refractivity contribution in [3.8, 4) is 0 Å². The van der Waals surface area contributed by atoms with Crippen LogP contribution in [0, 0.1) is 0 Å². The molecule has 1 heterocycles. The number of aliphatic hydroxyl groups excluding tert-OH is 2. The molecule has 0 aromatic heterocycles. The van der Waals surface area contributed by atoms with E-state index in [2.05, 4.69) is 136 Å². The van der Waals surface area contributed by atoms with Crippen LogP contribution >= 0.6 is 0 Å². The third-order valence-electron chi connectivity index (χ3n) is 12.2. The number of esters is 3. The first-order chi connectivity index (χ1) is 37.6. The quantitative estimate of drug-likeness (QED) is 0.0228. The van der Waals surface area contributed by atoms with E-state index in [1.165, 1.54) is 25.7 Å². The molecular weight excluding hydrogens is 973 g/mol. The summed E-state index contributed by atoms with van der Waals surface area (Å²) < 4.78 is 28.2. The largest absolute Gasteiger partial charge is 0.479 e. The molecule has 0 aromatic carbocycles. The predicted octanol–water partition coefficient (Wildman–Crippen LogP) is 15.0. The summed E-state index contributed by atoms with van der Waals surface area (Å²) in [6.07, 6.45) is 60.2. The van der Waals surface area contributed by atoms with Gasteiger partial charge in [-0.15, -0.1) is 0 Å². The molecule has 1 rings (SSSR count). The van der Waals surface area contributed by atoms with Crippen molar-refractivity contribution in [2.75, 3.05) is 13.2 Å². The van der Waals surface area contributed by atoms with Gasteiger partial charge in [0.05, 0.1) is 6.61 Å². The Balaban J connectivity index is 2.72. The summed E-state index contributed by atoms with van der Waals surface area (Å²) in [5.74, 6) is -3.30. The van der Waals surface area contributed by atoms with E-state index in [1.54, 1.807) is 0 Å². The highest BCUT2D eigenvalue weighted by Gasteiger charge is 2.50. The molecule has 0 saturated carbocycles. The Labute approximate surface area is 464 Å². The van der Waals surface area contributed by atoms with Crippen LogP contribution in [0.15, 0.2) is 134 Å². The molecule has 6 unspecified atom stereocenters. The molecule has 1 fully saturated rings. The van der Waals surface area contributed by atoms with Gasteiger partial charge in [-0.25, -0.2) is 4.79 Å². The number of unbranched alkanes of at least 4 members (excludes halogenated alkanes) is 11. The Morgan fingerprint density at radius 1 is 0.442 bits per heavy atom. The molecule has 432 valence electrons. The van der Waals surface area contributed by atoms with Gasteiger partial charge in [0.2, 0.25) is 0 Å². The molecule has 1 aliphatic heterocycles. The topological polar surface area (TPSA) is 175 Å². The number of carbonyl (C=O) groups excluding carboxylic acids is 3. The third-order valence-corrected chi connectivity index (χ3v) is 12.2. The normalized spacial score (nSPS) is 19.0. The number of carboxylic acids is 1. The highest BCUT2D eigenvalue weighted by atomic mass is 16.7. The standard InChI is InChI=1S/C65H100O12/c1-4-7-10-13-16-19-21-23-25-27-29-31-33-35-37-40-42-45-48-51-57(66)73-54-56(75-58(67)52-49-46-43-39-18-15-12-9-6-3)55-74-65-63(61(70)60(69)62(77-65)64(71)72)76-59(68)53-50-47-44-41-38-36-34-32-30-28-26-24-22-20-17-14-11-8-5-2/h7-8,10-11,16-17,19-20,23-26,29-32,35-38,44,47,56,60-63,65,69-70H,4-6,9,12-15,18,21-22,27-28,33-34,39-43,45-46,48-55H2,1-3H3,(H,71,72)/b10-7-,11-8-,19-16-,20-17-,25-23-,26-24-,31-29-,32-30-,37-35-,38-36-,47-44-. The van der Waals surface area contributed by atoms with Gasteiger partial charge in [-0.2, -0.15) is 0 Å². The Hall–Kier alpha value is -5.14. The molecule has 0 aromatic rings. The van der Waals surface area contributed by atoms with Gasteiger partial charge in [-0.3, -0.25) is 14.4 Å². The first kappa shape index (κ1) is 69.9. The number of aliphatic carboxylic acids is 1. The third kappa shape index (κ3) is 41.6. The average Bonchev–Trinajstić information content (AvgIpc) is 3.42. The van der Waals surface area contributed by atoms with Crippen LogP contribution in [0.2, 0.25) is 0 Å². The maximum atomic E-state index is 13.1. The van der Waals surface area contributed by atoms with E-state index in [9.17, 15) is 34.5 Å². The van der Waals surface area contributed by atoms with Crippen LogP contribution in [0.25, 0.3) is 0 Å². The molecule has 12 heteroatoms. The number of hydrogen-bond donors (Lipinski definition) is 3. The molecule has 0 aliphatic carbocycles. The second-order valence-corrected chi connectivity index (χ2v) is 19.2. The maximum Gasteiger partial charge on any atom is 0.335 e. The van der Waals surface area contributed by atoms with Gasteiger partial charge in [-0.05, 0) is 103 Å². The SMILES string of the molecule is CC/C=C\C/C=C\C/C=C\C/C=C\C/C=C\C/C=C\CCC(=O)OC1C(OCC(COC(=O)CCCCC/C=C\C/C=C\C/C=C\C/C=C\C/C=C\CC)OC(=O)CCCCCCCCCCC)OC(C(=O)O)C(O)C1O. The van der Waals surface area contributed by atoms with Crippen molar-refractivity contribution in [1.29, 1.82) is 0 Å². The second-order valence-electron chi connectivity index (χ2n) is 19.2. The summed E-state index contributed by atoms with van der Waals surface area (Å²) in [6, 6.07) is 0. The number of carbonyl (C=O) groups is 4. The van der Waals surface area contributed by atoms with Crippen LogP contribution in [-0.4, -0.2) is 89.2 Å². The molecule has 6 atom stereocenters. The van der Waals surface area contributed by atoms with Gasteiger partial charge in [0, 0.05) is 19.3 Å². The molecular formula is C65H100O12. The van der Waals surface area contributed by atoms with Gasteiger partial charge in [-0.1, -0.05) is 212 Å². The van der Waals surface area contributed by atoms with E-state index >= 15 is 0 Å². The van der Waals surface area contributed by atoms with Crippen molar-refractivity contribution in [3.63, 3.8) is 0 Å². The van der Waals surface area contributed by atoms with E-state index in [1.807, 2.05) is 18.2 Å².